The van der Waals surface area contributed by atoms with Crippen molar-refractivity contribution in [3.05, 3.63) is 28.4 Å². The molecule has 0 N–H and O–H groups in total. The predicted octanol–water partition coefficient (Wildman–Crippen LogP) is 4.24. The Morgan fingerprint density at radius 3 is 2.87 bits per heavy atom. The first-order valence-corrected chi connectivity index (χ1v) is 11.3. The van der Waals surface area contributed by atoms with Crippen LogP contribution in [0.15, 0.2) is 32.3 Å². The molecule has 1 saturated heterocycles. The zero-order chi connectivity index (χ0) is 20.5. The molecule has 3 atom stereocenters. The van der Waals surface area contributed by atoms with Crippen LogP contribution < -0.4 is 4.90 Å². The van der Waals surface area contributed by atoms with E-state index in [0.717, 1.165) is 40.2 Å². The molecule has 1 fully saturated rings. The van der Waals surface area contributed by atoms with E-state index in [1.54, 1.807) is 11.7 Å². The van der Waals surface area contributed by atoms with Gasteiger partial charge in [0.05, 0.1) is 45.1 Å². The minimum absolute atomic E-state index is 0.00661. The largest absolute Gasteiger partial charge is 0.372 e. The third-order valence-electron chi connectivity index (χ3n) is 6.27. The Morgan fingerprint density at radius 2 is 2.10 bits per heavy atom. The fourth-order valence-electron chi connectivity index (χ4n) is 5.30. The first kappa shape index (κ1) is 18.5. The van der Waals surface area contributed by atoms with Crippen molar-refractivity contribution in [1.82, 2.24) is 10.1 Å². The number of nitrogens with zero attached hydrogens (tertiary/aromatic N) is 5. The quantitative estimate of drug-likeness (QED) is 0.564. The van der Waals surface area contributed by atoms with Crippen LogP contribution in [0.5, 0.6) is 0 Å². The van der Waals surface area contributed by atoms with Gasteiger partial charge in [-0.25, -0.2) is 0 Å². The summed E-state index contributed by atoms with van der Waals surface area (Å²) in [6.07, 6.45) is 6.77. The summed E-state index contributed by atoms with van der Waals surface area (Å²) in [5.41, 5.74) is 5.03. The molecule has 1 aromatic carbocycles. The Bertz CT molecular complexity index is 1180. The molecule has 154 valence electrons. The van der Waals surface area contributed by atoms with E-state index in [2.05, 4.69) is 57.4 Å². The molecule has 3 aliphatic heterocycles. The van der Waals surface area contributed by atoms with Gasteiger partial charge < -0.3 is 14.2 Å². The number of thiazole rings is 1. The highest BCUT2D eigenvalue weighted by molar-refractivity contribution is 7.13. The van der Waals surface area contributed by atoms with Crippen LogP contribution in [-0.2, 0) is 11.2 Å². The van der Waals surface area contributed by atoms with Crippen molar-refractivity contribution in [3.8, 4) is 10.6 Å². The van der Waals surface area contributed by atoms with E-state index < -0.39 is 0 Å². The summed E-state index contributed by atoms with van der Waals surface area (Å²) in [5, 5.41) is 5.84. The number of hydrogen-bond acceptors (Lipinski definition) is 8. The highest BCUT2D eigenvalue weighted by atomic mass is 35.5. The lowest BCUT2D eigenvalue weighted by molar-refractivity contribution is -0.0429. The second-order valence-electron chi connectivity index (χ2n) is 8.27. The molecule has 0 aliphatic carbocycles. The smallest absolute Gasteiger partial charge is 0.188 e. The maximum Gasteiger partial charge on any atom is 0.188 e. The van der Waals surface area contributed by atoms with Crippen molar-refractivity contribution in [3.63, 3.8) is 0 Å². The molecular formula is C21H20ClN5O2S. The molecular weight excluding hydrogens is 422 g/mol. The number of anilines is 1. The maximum absolute atomic E-state index is 6.98. The first-order chi connectivity index (χ1) is 14.6. The average molecular weight is 442 g/mol. The second-order valence-corrected chi connectivity index (χ2v) is 9.54. The molecule has 6 rings (SSSR count). The lowest BCUT2D eigenvalue weighted by Gasteiger charge is -2.54. The topological polar surface area (TPSA) is 76.1 Å². The molecule has 0 amide bonds. The molecule has 3 aromatic rings. The van der Waals surface area contributed by atoms with E-state index in [9.17, 15) is 0 Å². The van der Waals surface area contributed by atoms with Crippen LogP contribution in [0.25, 0.3) is 21.5 Å². The Balaban J connectivity index is 1.60. The first-order valence-electron chi connectivity index (χ1n) is 10.0. The number of benzene rings is 1. The maximum atomic E-state index is 6.98. The van der Waals surface area contributed by atoms with Gasteiger partial charge in [0, 0.05) is 25.2 Å². The van der Waals surface area contributed by atoms with Gasteiger partial charge in [-0.05, 0) is 31.9 Å². The van der Waals surface area contributed by atoms with Crippen LogP contribution in [0.2, 0.25) is 5.02 Å². The van der Waals surface area contributed by atoms with Crippen molar-refractivity contribution < 1.29 is 9.26 Å². The summed E-state index contributed by atoms with van der Waals surface area (Å²) in [6, 6.07) is 2.23. The van der Waals surface area contributed by atoms with Crippen LogP contribution in [0.4, 0.5) is 5.69 Å². The number of morpholine rings is 1. The Hall–Kier alpha value is -2.29. The lowest BCUT2D eigenvalue weighted by atomic mass is 9.69. The van der Waals surface area contributed by atoms with Gasteiger partial charge in [0.15, 0.2) is 5.58 Å². The molecule has 0 unspecified atom stereocenters. The minimum Gasteiger partial charge on any atom is -0.372 e. The van der Waals surface area contributed by atoms with Gasteiger partial charge in [-0.15, -0.1) is 11.3 Å². The van der Waals surface area contributed by atoms with E-state index in [-0.39, 0.29) is 23.7 Å². The Labute approximate surface area is 182 Å². The molecule has 30 heavy (non-hydrogen) atoms. The molecule has 0 saturated carbocycles. The van der Waals surface area contributed by atoms with E-state index in [0.29, 0.717) is 17.3 Å². The number of hydrogen-bond donors (Lipinski definition) is 0. The van der Waals surface area contributed by atoms with E-state index >= 15 is 0 Å². The van der Waals surface area contributed by atoms with Crippen molar-refractivity contribution in [1.29, 1.82) is 0 Å². The van der Waals surface area contributed by atoms with Crippen LogP contribution in [-0.4, -0.2) is 54.0 Å². The highest BCUT2D eigenvalue weighted by Crippen LogP contribution is 2.50. The van der Waals surface area contributed by atoms with E-state index in [4.69, 9.17) is 20.9 Å². The number of halogens is 1. The van der Waals surface area contributed by atoms with Crippen molar-refractivity contribution in [2.45, 2.75) is 38.5 Å². The molecule has 2 aromatic heterocycles. The average Bonchev–Trinajstić information content (AvgIpc) is 3.37. The van der Waals surface area contributed by atoms with Crippen molar-refractivity contribution >= 4 is 52.0 Å². The Kier molecular flexibility index (Phi) is 4.07. The molecule has 1 spiro atoms. The summed E-state index contributed by atoms with van der Waals surface area (Å²) in [7, 11) is 0. The summed E-state index contributed by atoms with van der Waals surface area (Å²) < 4.78 is 12.0. The SMILES string of the molecule is C[C@@H]1CN2c3c(cc4c(-c5cncs5)noc4c3Cl)CC3(C=NCN=C3)[C@H]2[C@H](C)O1. The predicted molar refractivity (Wildman–Crippen MR) is 119 cm³/mol. The van der Waals surface area contributed by atoms with Gasteiger partial charge in [-0.1, -0.05) is 16.8 Å². The summed E-state index contributed by atoms with van der Waals surface area (Å²) in [4.78, 5) is 16.6. The lowest BCUT2D eigenvalue weighted by Crippen LogP contribution is -2.65. The summed E-state index contributed by atoms with van der Waals surface area (Å²) in [5.74, 6) is 0. The third kappa shape index (κ3) is 2.53. The molecule has 7 nitrogen and oxygen atoms in total. The Morgan fingerprint density at radius 1 is 1.27 bits per heavy atom. The third-order valence-corrected chi connectivity index (χ3v) is 7.40. The van der Waals surface area contributed by atoms with Crippen LogP contribution >= 0.6 is 22.9 Å². The number of aliphatic imine (C=N–C) groups is 2. The van der Waals surface area contributed by atoms with Crippen LogP contribution in [0.3, 0.4) is 0 Å². The molecule has 0 radical (unpaired) electrons. The van der Waals surface area contributed by atoms with Gasteiger partial charge >= 0.3 is 0 Å². The van der Waals surface area contributed by atoms with Crippen molar-refractivity contribution in [2.75, 3.05) is 18.1 Å². The zero-order valence-electron chi connectivity index (χ0n) is 16.6. The fourth-order valence-corrected chi connectivity index (χ4v) is 6.28. The summed E-state index contributed by atoms with van der Waals surface area (Å²) >= 11 is 8.51. The number of fused-ring (bicyclic) bond motifs is 5. The zero-order valence-corrected chi connectivity index (χ0v) is 18.2. The van der Waals surface area contributed by atoms with E-state index in [1.807, 2.05) is 0 Å². The molecule has 3 aliphatic rings. The van der Waals surface area contributed by atoms with E-state index in [1.165, 1.54) is 11.3 Å². The van der Waals surface area contributed by atoms with Gasteiger partial charge in [0.1, 0.15) is 17.4 Å². The van der Waals surface area contributed by atoms with Crippen LogP contribution in [0.1, 0.15) is 19.4 Å². The molecule has 9 heteroatoms. The van der Waals surface area contributed by atoms with Crippen LogP contribution in [0, 0.1) is 5.41 Å². The van der Waals surface area contributed by atoms with Crippen molar-refractivity contribution in [2.24, 2.45) is 15.4 Å². The molecule has 5 heterocycles. The number of aromatic nitrogens is 2. The molecule has 0 bridgehead atoms. The van der Waals surface area contributed by atoms with Gasteiger partial charge in [-0.3, -0.25) is 15.0 Å². The highest BCUT2D eigenvalue weighted by Gasteiger charge is 2.51. The normalized spacial score (nSPS) is 26.9. The van der Waals surface area contributed by atoms with Gasteiger partial charge in [-0.2, -0.15) is 0 Å². The second kappa shape index (κ2) is 6.60. The minimum atomic E-state index is -0.330. The number of ether oxygens (including phenoxy) is 1. The van der Waals surface area contributed by atoms with Gasteiger partial charge in [0.2, 0.25) is 0 Å². The summed E-state index contributed by atoms with van der Waals surface area (Å²) in [6.45, 7) is 5.44. The monoisotopic (exact) mass is 441 g/mol. The van der Waals surface area contributed by atoms with Gasteiger partial charge in [0.25, 0.3) is 0 Å². The fraction of sp³-hybridized carbons (Fsp3) is 0.429. The standard InChI is InChI=1S/C21H20ClN5O2S/c1-11-6-27-18-13(4-21(7-24-9-25-8-21)20(27)12(2)28-11)3-14-17(15-5-23-10-30-15)26-29-19(14)16(18)22/h3,5,7-8,10-12,20H,4,6,9H2,1-2H3/t11-,12+,20-/m1/s1. The number of rotatable bonds is 1.